The summed E-state index contributed by atoms with van der Waals surface area (Å²) in [6.45, 7) is 5.94. The van der Waals surface area contributed by atoms with Crippen molar-refractivity contribution in [2.75, 3.05) is 32.7 Å². The van der Waals surface area contributed by atoms with E-state index in [0.717, 1.165) is 39.3 Å². The minimum atomic E-state index is -0.195. The van der Waals surface area contributed by atoms with E-state index in [2.05, 4.69) is 20.0 Å². The van der Waals surface area contributed by atoms with Crippen LogP contribution in [-0.2, 0) is 6.54 Å². The zero-order valence-electron chi connectivity index (χ0n) is 11.4. The van der Waals surface area contributed by atoms with E-state index in [4.69, 9.17) is 0 Å². The number of β-amino-alcohol motifs (C(OH)–C–C–N with tert-alkyl or cyclic N) is 1. The minimum Gasteiger partial charge on any atom is -0.390 e. The molecule has 6 nitrogen and oxygen atoms in total. The van der Waals surface area contributed by atoms with Gasteiger partial charge in [-0.3, -0.25) is 9.80 Å². The summed E-state index contributed by atoms with van der Waals surface area (Å²) in [5, 5.41) is 17.9. The number of aliphatic hydroxyl groups is 1. The number of aliphatic hydroxyl groups excluding tert-OH is 1. The molecule has 1 N–H and O–H groups in total. The number of hydrogen-bond donors (Lipinski definition) is 1. The number of nitrogens with zero attached hydrogens (tertiary/aromatic N) is 5. The monoisotopic (exact) mass is 265 g/mol. The quantitative estimate of drug-likeness (QED) is 0.818. The molecule has 2 saturated heterocycles. The molecule has 0 spiro atoms. The summed E-state index contributed by atoms with van der Waals surface area (Å²) in [6, 6.07) is 0.334. The largest absolute Gasteiger partial charge is 0.390 e. The van der Waals surface area contributed by atoms with Gasteiger partial charge in [-0.15, -0.1) is 10.2 Å². The fourth-order valence-electron chi connectivity index (χ4n) is 3.23. The number of aromatic nitrogens is 3. The van der Waals surface area contributed by atoms with E-state index in [1.807, 2.05) is 4.57 Å². The van der Waals surface area contributed by atoms with Crippen LogP contribution in [0.2, 0.25) is 0 Å². The van der Waals surface area contributed by atoms with Gasteiger partial charge in [0.2, 0.25) is 0 Å². The average Bonchev–Trinajstić information content (AvgIpc) is 3.07. The molecule has 3 rings (SSSR count). The topological polar surface area (TPSA) is 57.4 Å². The Morgan fingerprint density at radius 2 is 1.74 bits per heavy atom. The summed E-state index contributed by atoms with van der Waals surface area (Å²) < 4.78 is 1.99. The average molecular weight is 265 g/mol. The van der Waals surface area contributed by atoms with Crippen molar-refractivity contribution in [1.82, 2.24) is 24.6 Å². The molecule has 1 aromatic rings. The van der Waals surface area contributed by atoms with Gasteiger partial charge in [-0.05, 0) is 25.9 Å². The van der Waals surface area contributed by atoms with Crippen molar-refractivity contribution < 1.29 is 5.11 Å². The second-order valence-electron chi connectivity index (χ2n) is 5.69. The summed E-state index contributed by atoms with van der Waals surface area (Å²) in [7, 11) is 0. The van der Waals surface area contributed by atoms with E-state index in [-0.39, 0.29) is 6.10 Å². The zero-order valence-corrected chi connectivity index (χ0v) is 11.4. The Bertz CT molecular complexity index is 376. The van der Waals surface area contributed by atoms with Crippen molar-refractivity contribution in [3.63, 3.8) is 0 Å². The van der Waals surface area contributed by atoms with Crippen molar-refractivity contribution in [2.45, 2.75) is 38.0 Å². The fourth-order valence-corrected chi connectivity index (χ4v) is 3.23. The lowest BCUT2D eigenvalue weighted by atomic mass is 10.1. The van der Waals surface area contributed by atoms with Crippen LogP contribution in [0.15, 0.2) is 12.7 Å². The van der Waals surface area contributed by atoms with Crippen LogP contribution < -0.4 is 0 Å². The molecule has 2 fully saturated rings. The molecule has 2 atom stereocenters. The van der Waals surface area contributed by atoms with Crippen molar-refractivity contribution in [3.05, 3.63) is 12.7 Å². The maximum Gasteiger partial charge on any atom is 0.119 e. The molecule has 3 heterocycles. The Morgan fingerprint density at radius 3 is 2.47 bits per heavy atom. The first kappa shape index (κ1) is 13.0. The highest BCUT2D eigenvalue weighted by atomic mass is 16.3. The van der Waals surface area contributed by atoms with Gasteiger partial charge >= 0.3 is 0 Å². The highest BCUT2D eigenvalue weighted by Crippen LogP contribution is 2.20. The van der Waals surface area contributed by atoms with Gasteiger partial charge in [0, 0.05) is 32.2 Å². The van der Waals surface area contributed by atoms with Crippen LogP contribution in [0.3, 0.4) is 0 Å². The molecule has 0 radical (unpaired) electrons. The smallest absolute Gasteiger partial charge is 0.119 e. The van der Waals surface area contributed by atoms with E-state index in [9.17, 15) is 5.11 Å². The molecule has 0 aliphatic carbocycles. The Kier molecular flexibility index (Phi) is 4.10. The zero-order chi connectivity index (χ0) is 13.1. The first-order valence-electron chi connectivity index (χ1n) is 7.30. The SMILES string of the molecule is O[C@H]1CN(CCn2cnnc2)C[C@@H]1N1CCCCC1. The first-order valence-corrected chi connectivity index (χ1v) is 7.30. The molecular weight excluding hydrogens is 242 g/mol. The Labute approximate surface area is 114 Å². The summed E-state index contributed by atoms with van der Waals surface area (Å²) in [5.41, 5.74) is 0. The van der Waals surface area contributed by atoms with Crippen molar-refractivity contribution in [2.24, 2.45) is 0 Å². The van der Waals surface area contributed by atoms with Gasteiger partial charge in [-0.2, -0.15) is 0 Å². The van der Waals surface area contributed by atoms with Crippen LogP contribution in [0.1, 0.15) is 19.3 Å². The van der Waals surface area contributed by atoms with Crippen molar-refractivity contribution >= 4 is 0 Å². The summed E-state index contributed by atoms with van der Waals surface area (Å²) in [5.74, 6) is 0. The van der Waals surface area contributed by atoms with Crippen LogP contribution in [0.4, 0.5) is 0 Å². The van der Waals surface area contributed by atoms with E-state index < -0.39 is 0 Å². The fraction of sp³-hybridized carbons (Fsp3) is 0.846. The third kappa shape index (κ3) is 3.13. The molecule has 19 heavy (non-hydrogen) atoms. The predicted octanol–water partition coefficient (Wildman–Crippen LogP) is -0.191. The minimum absolute atomic E-state index is 0.195. The molecule has 6 heteroatoms. The molecule has 2 aliphatic heterocycles. The van der Waals surface area contributed by atoms with Gasteiger partial charge in [0.1, 0.15) is 12.7 Å². The van der Waals surface area contributed by atoms with Gasteiger partial charge in [0.05, 0.1) is 6.10 Å². The van der Waals surface area contributed by atoms with E-state index >= 15 is 0 Å². The Balaban J connectivity index is 1.49. The van der Waals surface area contributed by atoms with E-state index in [0.29, 0.717) is 6.04 Å². The maximum absolute atomic E-state index is 10.3. The third-order valence-corrected chi connectivity index (χ3v) is 4.34. The molecule has 0 saturated carbocycles. The molecule has 0 amide bonds. The third-order valence-electron chi connectivity index (χ3n) is 4.34. The number of hydrogen-bond acceptors (Lipinski definition) is 5. The van der Waals surface area contributed by atoms with E-state index in [1.54, 1.807) is 12.7 Å². The second kappa shape index (κ2) is 5.98. The Hall–Kier alpha value is -0.980. The van der Waals surface area contributed by atoms with Crippen molar-refractivity contribution in [1.29, 1.82) is 0 Å². The second-order valence-corrected chi connectivity index (χ2v) is 5.69. The lowest BCUT2D eigenvalue weighted by Crippen LogP contribution is -2.45. The maximum atomic E-state index is 10.3. The van der Waals surface area contributed by atoms with E-state index in [1.165, 1.54) is 19.3 Å². The molecule has 1 aromatic heterocycles. The molecule has 0 aromatic carbocycles. The van der Waals surface area contributed by atoms with Crippen LogP contribution in [0.25, 0.3) is 0 Å². The van der Waals surface area contributed by atoms with Gasteiger partial charge in [0.25, 0.3) is 0 Å². The van der Waals surface area contributed by atoms with Gasteiger partial charge in [-0.25, -0.2) is 0 Å². The Morgan fingerprint density at radius 1 is 1.00 bits per heavy atom. The lowest BCUT2D eigenvalue weighted by molar-refractivity contribution is 0.0706. The number of likely N-dealkylation sites (tertiary alicyclic amines) is 2. The number of piperidine rings is 1. The van der Waals surface area contributed by atoms with Crippen LogP contribution in [0, 0.1) is 0 Å². The van der Waals surface area contributed by atoms with Gasteiger partial charge in [-0.1, -0.05) is 6.42 Å². The van der Waals surface area contributed by atoms with Gasteiger partial charge < -0.3 is 9.67 Å². The van der Waals surface area contributed by atoms with Crippen LogP contribution in [-0.4, -0.2) is 74.5 Å². The predicted molar refractivity (Wildman–Crippen MR) is 71.7 cm³/mol. The summed E-state index contributed by atoms with van der Waals surface area (Å²) in [4.78, 5) is 4.83. The molecule has 0 unspecified atom stereocenters. The van der Waals surface area contributed by atoms with Gasteiger partial charge in [0.15, 0.2) is 0 Å². The lowest BCUT2D eigenvalue weighted by Gasteiger charge is -2.33. The normalized spacial score (nSPS) is 29.9. The molecule has 0 bridgehead atoms. The summed E-state index contributed by atoms with van der Waals surface area (Å²) >= 11 is 0. The summed E-state index contributed by atoms with van der Waals surface area (Å²) in [6.07, 6.45) is 7.20. The number of rotatable bonds is 4. The van der Waals surface area contributed by atoms with Crippen molar-refractivity contribution in [3.8, 4) is 0 Å². The standard InChI is InChI=1S/C13H23N5O/c19-13-9-16(6-7-17-10-14-15-11-17)8-12(13)18-4-2-1-3-5-18/h10-13,19H,1-9H2/t12-,13-/m0/s1. The molecule has 2 aliphatic rings. The highest BCUT2D eigenvalue weighted by molar-refractivity contribution is 4.91. The molecule has 106 valence electrons. The van der Waals surface area contributed by atoms with Crippen LogP contribution >= 0.6 is 0 Å². The first-order chi connectivity index (χ1) is 9.33. The highest BCUT2D eigenvalue weighted by Gasteiger charge is 2.35. The van der Waals surface area contributed by atoms with Crippen LogP contribution in [0.5, 0.6) is 0 Å². The molecular formula is C13H23N5O.